The Bertz CT molecular complexity index is 981. The lowest BCUT2D eigenvalue weighted by atomic mass is 9.96. The summed E-state index contributed by atoms with van der Waals surface area (Å²) in [5, 5.41) is 23.1. The number of rotatable bonds is 12. The summed E-state index contributed by atoms with van der Waals surface area (Å²) < 4.78 is 10.4. The molecule has 1 amide bonds. The third kappa shape index (κ3) is 6.07. The number of aliphatic hydroxyl groups is 1. The van der Waals surface area contributed by atoms with E-state index in [4.69, 9.17) is 14.6 Å². The molecule has 0 aromatic heterocycles. The van der Waals surface area contributed by atoms with E-state index in [1.54, 1.807) is 6.08 Å². The number of benzene rings is 2. The molecule has 32 heavy (non-hydrogen) atoms. The van der Waals surface area contributed by atoms with Crippen molar-refractivity contribution >= 4 is 28.4 Å². The van der Waals surface area contributed by atoms with Crippen molar-refractivity contribution in [2.24, 2.45) is 0 Å². The highest BCUT2D eigenvalue weighted by Gasteiger charge is 2.27. The van der Waals surface area contributed by atoms with E-state index in [0.29, 0.717) is 32.4 Å². The second-order valence-electron chi connectivity index (χ2n) is 7.68. The van der Waals surface area contributed by atoms with E-state index in [-0.39, 0.29) is 18.8 Å². The van der Waals surface area contributed by atoms with E-state index < -0.39 is 5.91 Å². The zero-order valence-electron chi connectivity index (χ0n) is 18.5. The molecule has 0 bridgehead atoms. The molecule has 170 valence electrons. The van der Waals surface area contributed by atoms with Crippen LogP contribution in [0.4, 0.5) is 5.69 Å². The summed E-state index contributed by atoms with van der Waals surface area (Å²) in [5.41, 5.74) is 2.09. The zero-order chi connectivity index (χ0) is 22.8. The monoisotopic (exact) mass is 437 g/mol. The lowest BCUT2D eigenvalue weighted by Crippen LogP contribution is -2.47. The number of ether oxygens (including phenoxy) is 2. The molecular formula is C25H31N3O4. The van der Waals surface area contributed by atoms with E-state index >= 15 is 0 Å². The van der Waals surface area contributed by atoms with Gasteiger partial charge in [-0.05, 0) is 42.0 Å². The Balaban J connectivity index is 1.63. The molecule has 1 fully saturated rings. The van der Waals surface area contributed by atoms with Crippen molar-refractivity contribution in [3.05, 3.63) is 47.5 Å². The van der Waals surface area contributed by atoms with Gasteiger partial charge in [-0.25, -0.2) is 0 Å². The normalized spacial score (nSPS) is 16.0. The van der Waals surface area contributed by atoms with Crippen LogP contribution in [0.15, 0.2) is 42.0 Å². The van der Waals surface area contributed by atoms with Crippen LogP contribution >= 0.6 is 0 Å². The minimum Gasteiger partial charge on any atom is -0.394 e. The molecule has 1 unspecified atom stereocenters. The van der Waals surface area contributed by atoms with E-state index in [0.717, 1.165) is 29.3 Å². The number of nitrogens with one attached hydrogen (secondary N) is 1. The average molecular weight is 438 g/mol. The van der Waals surface area contributed by atoms with Gasteiger partial charge in [0.2, 0.25) is 0 Å². The summed E-state index contributed by atoms with van der Waals surface area (Å²) >= 11 is 0. The first-order valence-corrected chi connectivity index (χ1v) is 11.1. The maximum Gasteiger partial charge on any atom is 0.262 e. The first-order chi connectivity index (χ1) is 15.7. The summed E-state index contributed by atoms with van der Waals surface area (Å²) in [6.07, 6.45) is 3.96. The minimum absolute atomic E-state index is 0.0185. The molecule has 1 aliphatic heterocycles. The summed E-state index contributed by atoms with van der Waals surface area (Å²) in [6, 6.07) is 14.9. The van der Waals surface area contributed by atoms with Gasteiger partial charge in [0.15, 0.2) is 0 Å². The van der Waals surface area contributed by atoms with Gasteiger partial charge in [0.25, 0.3) is 5.91 Å². The Morgan fingerprint density at radius 1 is 1.25 bits per heavy atom. The maximum atomic E-state index is 12.4. The number of nitrogens with zero attached hydrogens (tertiary/aromatic N) is 2. The molecule has 2 aromatic carbocycles. The topological polar surface area (TPSA) is 94.8 Å². The van der Waals surface area contributed by atoms with Gasteiger partial charge >= 0.3 is 0 Å². The molecular weight excluding hydrogens is 406 g/mol. The van der Waals surface area contributed by atoms with Gasteiger partial charge in [-0.3, -0.25) is 4.79 Å². The van der Waals surface area contributed by atoms with E-state index in [1.165, 1.54) is 12.1 Å². The lowest BCUT2D eigenvalue weighted by Gasteiger charge is -2.43. The molecule has 1 aliphatic rings. The summed E-state index contributed by atoms with van der Waals surface area (Å²) in [4.78, 5) is 14.8. The number of aliphatic hydroxyl groups excluding tert-OH is 1. The highest BCUT2D eigenvalue weighted by molar-refractivity contribution is 6.03. The minimum atomic E-state index is -0.421. The predicted octanol–water partition coefficient (Wildman–Crippen LogP) is 2.88. The van der Waals surface area contributed by atoms with Gasteiger partial charge in [-0.2, -0.15) is 5.26 Å². The Morgan fingerprint density at radius 2 is 2.06 bits per heavy atom. The quantitative estimate of drug-likeness (QED) is 0.301. The molecule has 3 rings (SSSR count). The number of hydrogen-bond donors (Lipinski definition) is 2. The van der Waals surface area contributed by atoms with Crippen LogP contribution in [0, 0.1) is 11.3 Å². The molecule has 2 aromatic rings. The number of nitriles is 1. The average Bonchev–Trinajstić information content (AvgIpc) is 2.79. The Hall–Kier alpha value is -2.92. The second-order valence-corrected chi connectivity index (χ2v) is 7.68. The Labute approximate surface area is 189 Å². The summed E-state index contributed by atoms with van der Waals surface area (Å²) in [5.74, 6) is -0.421. The van der Waals surface area contributed by atoms with Gasteiger partial charge in [0.05, 0.1) is 33.0 Å². The molecule has 0 aliphatic carbocycles. The fourth-order valence-electron chi connectivity index (χ4n) is 3.83. The van der Waals surface area contributed by atoms with Crippen molar-refractivity contribution < 1.29 is 19.4 Å². The summed E-state index contributed by atoms with van der Waals surface area (Å²) in [7, 11) is 0. The van der Waals surface area contributed by atoms with Crippen molar-refractivity contribution in [1.29, 1.82) is 5.26 Å². The number of carbonyl (C=O) groups excluding carboxylic acids is 1. The van der Waals surface area contributed by atoms with Crippen LogP contribution in [0.1, 0.15) is 25.3 Å². The van der Waals surface area contributed by atoms with Crippen LogP contribution in [0.5, 0.6) is 0 Å². The third-order valence-electron chi connectivity index (χ3n) is 5.62. The molecule has 1 atom stereocenters. The lowest BCUT2D eigenvalue weighted by molar-refractivity contribution is -0.117. The summed E-state index contributed by atoms with van der Waals surface area (Å²) in [6.45, 7) is 4.92. The van der Waals surface area contributed by atoms with Crippen molar-refractivity contribution in [1.82, 2.24) is 5.32 Å². The Morgan fingerprint density at radius 3 is 2.75 bits per heavy atom. The molecule has 0 spiro atoms. The van der Waals surface area contributed by atoms with Crippen LogP contribution in [-0.2, 0) is 14.3 Å². The van der Waals surface area contributed by atoms with Crippen molar-refractivity contribution in [3.8, 4) is 6.07 Å². The van der Waals surface area contributed by atoms with E-state index in [1.807, 2.05) is 18.2 Å². The van der Waals surface area contributed by atoms with Crippen LogP contribution in [0.2, 0.25) is 0 Å². The van der Waals surface area contributed by atoms with Gasteiger partial charge in [-0.15, -0.1) is 0 Å². The highest BCUT2D eigenvalue weighted by Crippen LogP contribution is 2.34. The van der Waals surface area contributed by atoms with E-state index in [9.17, 15) is 10.1 Å². The number of carbonyl (C=O) groups is 1. The first-order valence-electron chi connectivity index (χ1n) is 11.1. The first kappa shape index (κ1) is 23.7. The van der Waals surface area contributed by atoms with E-state index in [2.05, 4.69) is 41.4 Å². The van der Waals surface area contributed by atoms with Crippen LogP contribution in [0.25, 0.3) is 16.8 Å². The van der Waals surface area contributed by atoms with Crippen molar-refractivity contribution in [2.75, 3.05) is 51.0 Å². The predicted molar refractivity (Wildman–Crippen MR) is 125 cm³/mol. The van der Waals surface area contributed by atoms with Crippen molar-refractivity contribution in [3.63, 3.8) is 0 Å². The second kappa shape index (κ2) is 12.2. The number of fused-ring (bicyclic) bond motifs is 1. The van der Waals surface area contributed by atoms with Crippen LogP contribution in [-0.4, -0.2) is 63.2 Å². The van der Waals surface area contributed by atoms with Crippen molar-refractivity contribution in [2.45, 2.75) is 25.8 Å². The highest BCUT2D eigenvalue weighted by atomic mass is 16.5. The molecule has 1 heterocycles. The third-order valence-corrected chi connectivity index (χ3v) is 5.62. The van der Waals surface area contributed by atoms with Crippen LogP contribution < -0.4 is 10.2 Å². The van der Waals surface area contributed by atoms with Gasteiger partial charge in [-0.1, -0.05) is 31.2 Å². The number of amides is 1. The number of hydrogen-bond acceptors (Lipinski definition) is 6. The molecule has 0 saturated carbocycles. The Kier molecular flexibility index (Phi) is 9.05. The van der Waals surface area contributed by atoms with Crippen LogP contribution in [0.3, 0.4) is 0 Å². The largest absolute Gasteiger partial charge is 0.394 e. The zero-order valence-corrected chi connectivity index (χ0v) is 18.5. The SMILES string of the molecule is CCC1CCN1c1cccc2ccc(/C=C(\C#N)C(=O)NCCOCCOCCO)cc12. The molecule has 0 radical (unpaired) electrons. The molecule has 7 heteroatoms. The maximum absolute atomic E-state index is 12.4. The van der Waals surface area contributed by atoms with Gasteiger partial charge in [0.1, 0.15) is 11.6 Å². The fraction of sp³-hybridized carbons (Fsp3) is 0.440. The smallest absolute Gasteiger partial charge is 0.262 e. The number of anilines is 1. The standard InChI is InChI=1S/C25H31N3O4/c1-2-22-8-10-28(22)24-5-3-4-20-7-6-19(17-23(20)24)16-21(18-26)25(30)27-9-12-31-14-15-32-13-11-29/h3-7,16-17,22,29H,2,8-15H2,1H3,(H,27,30)/b21-16+. The van der Waals surface area contributed by atoms with Gasteiger partial charge in [0, 0.05) is 30.2 Å². The van der Waals surface area contributed by atoms with Gasteiger partial charge < -0.3 is 24.8 Å². The molecule has 7 nitrogen and oxygen atoms in total. The molecule has 2 N–H and O–H groups in total. The molecule has 1 saturated heterocycles. The fourth-order valence-corrected chi connectivity index (χ4v) is 3.83.